The smallest absolute Gasteiger partial charge is 0.246 e. The zero-order chi connectivity index (χ0) is 66.5. The summed E-state index contributed by atoms with van der Waals surface area (Å²) in [7, 11) is 10.0. The van der Waals surface area contributed by atoms with Crippen molar-refractivity contribution in [2.45, 2.75) is 235 Å². The highest BCUT2D eigenvalue weighted by atomic mass is 16.6. The summed E-state index contributed by atoms with van der Waals surface area (Å²) < 4.78 is 6.23. The number of hydrogen-bond acceptors (Lipinski definition) is 13. The lowest BCUT2D eigenvalue weighted by Gasteiger charge is -2.46. The molecule has 2 aliphatic rings. The molecule has 0 aromatic rings. The maximum Gasteiger partial charge on any atom is 0.246 e. The van der Waals surface area contributed by atoms with Crippen LogP contribution in [-0.2, 0) is 57.5 Å². The van der Waals surface area contributed by atoms with Gasteiger partial charge in [-0.1, -0.05) is 96.9 Å². The van der Waals surface area contributed by atoms with E-state index < -0.39 is 162 Å². The monoisotopic (exact) mass is 1220 g/mol. The Labute approximate surface area is 513 Å². The highest BCUT2D eigenvalue weighted by molar-refractivity contribution is 5.99. The minimum atomic E-state index is -1.71. The second kappa shape index (κ2) is 32.9. The molecule has 492 valence electrons. The van der Waals surface area contributed by atoms with E-state index in [2.05, 4.69) is 21.3 Å². The molecule has 2 fully saturated rings. The summed E-state index contributed by atoms with van der Waals surface area (Å²) in [6.45, 7) is 29.2. The van der Waals surface area contributed by atoms with Gasteiger partial charge in [0, 0.05) is 55.8 Å². The van der Waals surface area contributed by atoms with Crippen molar-refractivity contribution in [3.8, 4) is 0 Å². The molecule has 5 N–H and O–H groups in total. The minimum absolute atomic E-state index is 0.0314. The molecule has 24 nitrogen and oxygen atoms in total. The first kappa shape index (κ1) is 76.2. The lowest BCUT2D eigenvalue weighted by atomic mass is 9.86. The Hall–Kier alpha value is -5.91. The van der Waals surface area contributed by atoms with Gasteiger partial charge in [-0.05, 0) is 101 Å². The van der Waals surface area contributed by atoms with Crippen molar-refractivity contribution in [3.63, 3.8) is 0 Å². The van der Waals surface area contributed by atoms with Crippen molar-refractivity contribution < 1.29 is 62.6 Å². The molecular weight excluding hydrogens is 1110 g/mol. The first-order chi connectivity index (χ1) is 39.5. The Morgan fingerprint density at radius 1 is 0.488 bits per heavy atom. The number of carbonyl (C=O) groups is 11. The average molecular weight is 1220 g/mol. The van der Waals surface area contributed by atoms with Crippen molar-refractivity contribution in [1.82, 2.24) is 55.6 Å². The van der Waals surface area contributed by atoms with E-state index >= 15 is 14.4 Å². The van der Waals surface area contributed by atoms with E-state index in [-0.39, 0.29) is 62.2 Å². The van der Waals surface area contributed by atoms with Crippen LogP contribution in [0.1, 0.15) is 163 Å². The summed E-state index contributed by atoms with van der Waals surface area (Å²) in [5, 5.41) is 22.4. The fraction of sp³-hybridized carbons (Fsp3) is 0.823. The van der Waals surface area contributed by atoms with Gasteiger partial charge in [0.2, 0.25) is 65.0 Å². The van der Waals surface area contributed by atoms with Crippen LogP contribution < -0.4 is 21.3 Å². The summed E-state index contributed by atoms with van der Waals surface area (Å²) in [5.41, 5.74) is 0. The first-order valence-corrected chi connectivity index (χ1v) is 31.0. The topological polar surface area (TPSA) is 288 Å². The largest absolute Gasteiger partial charge is 0.366 e. The van der Waals surface area contributed by atoms with Gasteiger partial charge in [0.25, 0.3) is 0 Å². The molecule has 0 saturated carbocycles. The summed E-state index contributed by atoms with van der Waals surface area (Å²) >= 11 is 0. The van der Waals surface area contributed by atoms with Gasteiger partial charge in [-0.15, -0.1) is 0 Å². The zero-order valence-corrected chi connectivity index (χ0v) is 56.5. The second-order valence-corrected chi connectivity index (χ2v) is 27.1. The minimum Gasteiger partial charge on any atom is -0.366 e. The molecule has 13 atom stereocenters. The van der Waals surface area contributed by atoms with Crippen molar-refractivity contribution in [2.75, 3.05) is 55.9 Å². The fourth-order valence-electron chi connectivity index (χ4n) is 11.4. The van der Waals surface area contributed by atoms with E-state index in [1.54, 1.807) is 34.6 Å². The van der Waals surface area contributed by atoms with Crippen LogP contribution in [0.15, 0.2) is 0 Å². The predicted molar refractivity (Wildman–Crippen MR) is 328 cm³/mol. The first-order valence-electron chi connectivity index (χ1n) is 31.0. The van der Waals surface area contributed by atoms with Crippen molar-refractivity contribution in [2.24, 2.45) is 41.4 Å². The van der Waals surface area contributed by atoms with Crippen molar-refractivity contribution >= 4 is 65.0 Å². The third-order valence-electron chi connectivity index (χ3n) is 16.8. The summed E-state index contributed by atoms with van der Waals surface area (Å²) in [6.07, 6.45) is 0.141. The third kappa shape index (κ3) is 20.3. The van der Waals surface area contributed by atoms with Gasteiger partial charge in [-0.2, -0.15) is 0 Å². The van der Waals surface area contributed by atoms with Gasteiger partial charge < -0.3 is 65.4 Å². The Morgan fingerprint density at radius 3 is 1.38 bits per heavy atom. The molecule has 0 aromatic carbocycles. The van der Waals surface area contributed by atoms with Crippen LogP contribution in [-0.4, -0.2) is 233 Å². The van der Waals surface area contributed by atoms with Crippen LogP contribution in [0.3, 0.4) is 0 Å². The molecule has 2 rings (SSSR count). The number of carbonyl (C=O) groups excluding carboxylic acids is 11. The van der Waals surface area contributed by atoms with Crippen molar-refractivity contribution in [3.05, 3.63) is 0 Å². The Morgan fingerprint density at radius 2 is 0.919 bits per heavy atom. The van der Waals surface area contributed by atoms with E-state index in [1.165, 1.54) is 99.5 Å². The van der Waals surface area contributed by atoms with Gasteiger partial charge in [0.05, 0.1) is 12.6 Å². The molecule has 0 aliphatic carbocycles. The lowest BCUT2D eigenvalue weighted by molar-refractivity contribution is -0.264. The molecule has 0 aromatic heterocycles. The number of amides is 11. The molecule has 2 aliphatic heterocycles. The summed E-state index contributed by atoms with van der Waals surface area (Å²) in [5.74, 6) is -11.1. The Balaban J connectivity index is 2.98. The number of rotatable bonds is 12. The molecule has 24 heteroatoms. The standard InChI is InChI=1S/C62H111N11O13/c1-25-42-57(80)67(18)32-47(74)68(19)43(28-33(2)3)54(77)66-48(37(10)11)60(83)69(20)44(29-34(4)5)53(76)63-40(15)52(75)64-41(16)56(79)70(21)45(30-35(6)7)58(81)71(22)46(31-36(8)9)59(82)72(23)49(38(12)13)61(84)73(24)50(55(78)65-42)51-39(14)26-27-62(17,85)86-51/h33-46,48-51,85H,25-32H2,1-24H3,(H,63,76)(H,64,75)(H,65,78)(H,66,77)/t39-,40+,41-,42+,43+,44+,45+,46+,48+,49+,50+,51-,62?/m1/s1. The molecule has 1 unspecified atom stereocenters. The second-order valence-electron chi connectivity index (χ2n) is 27.1. The van der Waals surface area contributed by atoms with Crippen LogP contribution in [0.25, 0.3) is 0 Å². The van der Waals surface area contributed by atoms with Gasteiger partial charge in [-0.25, -0.2) is 0 Å². The van der Waals surface area contributed by atoms with Crippen LogP contribution in [0.4, 0.5) is 0 Å². The highest BCUT2D eigenvalue weighted by Crippen LogP contribution is 2.34. The molecule has 86 heavy (non-hydrogen) atoms. The van der Waals surface area contributed by atoms with Crippen molar-refractivity contribution in [1.29, 1.82) is 0 Å². The van der Waals surface area contributed by atoms with E-state index in [0.29, 0.717) is 6.42 Å². The molecule has 0 radical (unpaired) electrons. The molecule has 11 amide bonds. The van der Waals surface area contributed by atoms with Gasteiger partial charge in [0.1, 0.15) is 60.4 Å². The quantitative estimate of drug-likeness (QED) is 0.188. The third-order valence-corrected chi connectivity index (χ3v) is 16.8. The molecule has 0 spiro atoms. The van der Waals surface area contributed by atoms with Gasteiger partial charge in [-0.3, -0.25) is 52.7 Å². The normalized spacial score (nSPS) is 30.4. The van der Waals surface area contributed by atoms with Gasteiger partial charge in [0.15, 0.2) is 5.79 Å². The van der Waals surface area contributed by atoms with E-state index in [9.17, 15) is 43.5 Å². The maximum atomic E-state index is 15.3. The Kier molecular flexibility index (Phi) is 29.1. The van der Waals surface area contributed by atoms with Crippen LogP contribution in [0.2, 0.25) is 0 Å². The molecule has 2 saturated heterocycles. The predicted octanol–water partition coefficient (Wildman–Crippen LogP) is 2.83. The zero-order valence-electron chi connectivity index (χ0n) is 56.5. The van der Waals surface area contributed by atoms with Crippen LogP contribution in [0, 0.1) is 41.4 Å². The van der Waals surface area contributed by atoms with Crippen LogP contribution >= 0.6 is 0 Å². The molecule has 2 heterocycles. The van der Waals surface area contributed by atoms with E-state index in [1.807, 2.05) is 62.3 Å². The number of likely N-dealkylation sites (N-methyl/N-ethyl adjacent to an activating group) is 7. The number of nitrogens with zero attached hydrogens (tertiary/aromatic N) is 7. The number of ether oxygens (including phenoxy) is 1. The molecule has 0 bridgehead atoms. The van der Waals surface area contributed by atoms with E-state index in [0.717, 1.165) is 4.90 Å². The van der Waals surface area contributed by atoms with Gasteiger partial charge >= 0.3 is 0 Å². The maximum absolute atomic E-state index is 15.3. The number of hydrogen-bond donors (Lipinski definition) is 5. The molecular formula is C62H111N11O13. The summed E-state index contributed by atoms with van der Waals surface area (Å²) in [4.78, 5) is 169. The lowest BCUT2D eigenvalue weighted by Crippen LogP contribution is -2.65. The SMILES string of the molecule is CC[C@@H]1NC(=O)[C@H]([C@@H]2OC(C)(O)CC[C@H]2C)N(C)C(=O)[C@H](C(C)C)N(C)C(=O)[C@H](CC(C)C)N(C)C(=O)[C@H](CC(C)C)N(C)C(=O)[C@@H](C)NC(=O)[C@H](C)NC(=O)[C@H](CC(C)C)N(C)C(=O)[C@H](C(C)C)NC(=O)[C@H](CC(C)C)N(C)C(=O)CN(C)C1=O. The number of nitrogens with one attached hydrogen (secondary N) is 4. The fourth-order valence-corrected chi connectivity index (χ4v) is 11.4. The number of aliphatic hydroxyl groups is 1. The Bertz CT molecular complexity index is 2380. The highest BCUT2D eigenvalue weighted by Gasteiger charge is 2.49. The summed E-state index contributed by atoms with van der Waals surface area (Å²) in [6, 6.07) is -12.2. The van der Waals surface area contributed by atoms with Crippen LogP contribution in [0.5, 0.6) is 0 Å². The van der Waals surface area contributed by atoms with E-state index in [4.69, 9.17) is 4.74 Å². The average Bonchev–Trinajstić information content (AvgIpc) is 1.16.